The first-order valence-corrected chi connectivity index (χ1v) is 6.63. The van der Waals surface area contributed by atoms with E-state index in [9.17, 15) is 10.1 Å². The fourth-order valence-electron chi connectivity index (χ4n) is 1.65. The highest BCUT2D eigenvalue weighted by molar-refractivity contribution is 7.13. The van der Waals surface area contributed by atoms with E-state index in [1.807, 2.05) is 17.5 Å². The first-order valence-electron chi connectivity index (χ1n) is 5.75. The van der Waals surface area contributed by atoms with Crippen LogP contribution in [0.3, 0.4) is 0 Å². The number of nitro groups is 1. The van der Waals surface area contributed by atoms with Crippen LogP contribution in [0.4, 0.5) is 11.4 Å². The summed E-state index contributed by atoms with van der Waals surface area (Å²) < 4.78 is 0. The lowest BCUT2D eigenvalue weighted by Gasteiger charge is -2.05. The van der Waals surface area contributed by atoms with Gasteiger partial charge < -0.3 is 5.32 Å². The molecule has 0 fully saturated rings. The van der Waals surface area contributed by atoms with Crippen LogP contribution >= 0.6 is 11.3 Å². The molecule has 0 saturated heterocycles. The molecular formula is C14H8N4O2S. The van der Waals surface area contributed by atoms with Crippen molar-refractivity contribution in [2.75, 3.05) is 5.32 Å². The third-order valence-electron chi connectivity index (χ3n) is 2.61. The van der Waals surface area contributed by atoms with E-state index in [0.29, 0.717) is 0 Å². The number of thiophene rings is 1. The Labute approximate surface area is 124 Å². The van der Waals surface area contributed by atoms with Gasteiger partial charge in [0, 0.05) is 17.1 Å². The van der Waals surface area contributed by atoms with Crippen LogP contribution in [0.5, 0.6) is 0 Å². The van der Waals surface area contributed by atoms with Gasteiger partial charge in [0.05, 0.1) is 4.92 Å². The Morgan fingerprint density at radius 3 is 2.67 bits per heavy atom. The van der Waals surface area contributed by atoms with Gasteiger partial charge in [0.15, 0.2) is 0 Å². The molecule has 102 valence electrons. The summed E-state index contributed by atoms with van der Waals surface area (Å²) in [5, 5.41) is 32.9. The molecule has 1 aromatic heterocycles. The van der Waals surface area contributed by atoms with Gasteiger partial charge in [-0.05, 0) is 29.1 Å². The summed E-state index contributed by atoms with van der Waals surface area (Å²) in [6.07, 6.45) is 1.15. The normalized spacial score (nSPS) is 9.24. The highest BCUT2D eigenvalue weighted by Crippen LogP contribution is 2.32. The van der Waals surface area contributed by atoms with Crippen molar-refractivity contribution in [1.82, 2.24) is 0 Å². The summed E-state index contributed by atoms with van der Waals surface area (Å²) in [7, 11) is 0. The van der Waals surface area contributed by atoms with E-state index in [0.717, 1.165) is 16.6 Å². The van der Waals surface area contributed by atoms with Crippen LogP contribution in [0.25, 0.3) is 10.4 Å². The molecule has 1 N–H and O–H groups in total. The highest BCUT2D eigenvalue weighted by atomic mass is 32.1. The number of nitrogens with zero attached hydrogens (tertiary/aromatic N) is 3. The summed E-state index contributed by atoms with van der Waals surface area (Å²) in [6, 6.07) is 11.8. The molecule has 7 heteroatoms. The molecule has 0 amide bonds. The molecule has 0 radical (unpaired) electrons. The van der Waals surface area contributed by atoms with Gasteiger partial charge >= 0.3 is 0 Å². The molecule has 0 aliphatic heterocycles. The monoisotopic (exact) mass is 296 g/mol. The van der Waals surface area contributed by atoms with E-state index >= 15 is 0 Å². The second kappa shape index (κ2) is 6.33. The number of anilines is 1. The van der Waals surface area contributed by atoms with E-state index in [1.54, 1.807) is 24.3 Å². The number of nitriles is 2. The summed E-state index contributed by atoms with van der Waals surface area (Å²) >= 11 is 1.51. The summed E-state index contributed by atoms with van der Waals surface area (Å²) in [5.74, 6) is 0. The zero-order chi connectivity index (χ0) is 15.2. The molecule has 6 nitrogen and oxygen atoms in total. The van der Waals surface area contributed by atoms with Crippen molar-refractivity contribution in [2.24, 2.45) is 0 Å². The molecule has 0 saturated carbocycles. The zero-order valence-electron chi connectivity index (χ0n) is 10.6. The van der Waals surface area contributed by atoms with Gasteiger partial charge in [0.25, 0.3) is 5.69 Å². The maximum absolute atomic E-state index is 11.0. The molecule has 0 atom stereocenters. The van der Waals surface area contributed by atoms with Gasteiger partial charge in [-0.2, -0.15) is 10.5 Å². The lowest BCUT2D eigenvalue weighted by atomic mass is 10.1. The number of benzene rings is 1. The van der Waals surface area contributed by atoms with Crippen molar-refractivity contribution in [3.8, 4) is 22.6 Å². The van der Waals surface area contributed by atoms with Crippen molar-refractivity contribution >= 4 is 22.7 Å². The van der Waals surface area contributed by atoms with E-state index in [-0.39, 0.29) is 16.9 Å². The molecule has 2 aromatic rings. The van der Waals surface area contributed by atoms with Crippen molar-refractivity contribution < 1.29 is 4.92 Å². The average Bonchev–Trinajstić information content (AvgIpc) is 3.02. The predicted octanol–water partition coefficient (Wildman–Crippen LogP) is 3.67. The Morgan fingerprint density at radius 2 is 2.10 bits per heavy atom. The maximum atomic E-state index is 11.0. The van der Waals surface area contributed by atoms with Crippen LogP contribution in [0.1, 0.15) is 0 Å². The number of nitro benzene ring substituents is 1. The molecule has 0 bridgehead atoms. The maximum Gasteiger partial charge on any atom is 0.292 e. The van der Waals surface area contributed by atoms with Crippen LogP contribution in [0.15, 0.2) is 47.5 Å². The average molecular weight is 296 g/mol. The van der Waals surface area contributed by atoms with Crippen LogP contribution < -0.4 is 5.32 Å². The van der Waals surface area contributed by atoms with Gasteiger partial charge in [-0.15, -0.1) is 11.3 Å². The molecule has 2 rings (SSSR count). The first-order chi connectivity index (χ1) is 10.2. The molecule has 0 spiro atoms. The second-order valence-electron chi connectivity index (χ2n) is 3.89. The van der Waals surface area contributed by atoms with Crippen molar-refractivity contribution in [2.45, 2.75) is 0 Å². The standard InChI is InChI=1S/C14H8N4O2S/c15-7-10(8-16)9-17-12-6-11(14-2-1-5-21-14)3-4-13(12)18(19)20/h1-6,9,17H. The summed E-state index contributed by atoms with van der Waals surface area (Å²) in [6.45, 7) is 0. The number of hydrogen-bond donors (Lipinski definition) is 1. The van der Waals surface area contributed by atoms with Crippen LogP contribution in [0.2, 0.25) is 0 Å². The first kappa shape index (κ1) is 14.3. The predicted molar refractivity (Wildman–Crippen MR) is 79.3 cm³/mol. The Kier molecular flexibility index (Phi) is 4.30. The lowest BCUT2D eigenvalue weighted by molar-refractivity contribution is -0.383. The van der Waals surface area contributed by atoms with E-state index in [2.05, 4.69) is 5.32 Å². The number of nitrogens with one attached hydrogen (secondary N) is 1. The molecule has 21 heavy (non-hydrogen) atoms. The van der Waals surface area contributed by atoms with Gasteiger partial charge in [0.1, 0.15) is 23.4 Å². The Bertz CT molecular complexity index is 766. The Balaban J connectivity index is 2.44. The minimum Gasteiger partial charge on any atom is -0.354 e. The zero-order valence-corrected chi connectivity index (χ0v) is 11.4. The molecule has 0 aliphatic carbocycles. The van der Waals surface area contributed by atoms with Gasteiger partial charge in [-0.1, -0.05) is 6.07 Å². The Hall–Kier alpha value is -3.16. The Morgan fingerprint density at radius 1 is 1.33 bits per heavy atom. The quantitative estimate of drug-likeness (QED) is 0.526. The fourth-order valence-corrected chi connectivity index (χ4v) is 2.37. The van der Waals surface area contributed by atoms with Gasteiger partial charge in [-0.25, -0.2) is 0 Å². The SMILES string of the molecule is N#CC(C#N)=CNc1cc(-c2cccs2)ccc1[N+](=O)[O-]. The molecule has 0 unspecified atom stereocenters. The highest BCUT2D eigenvalue weighted by Gasteiger charge is 2.14. The molecule has 1 aromatic carbocycles. The van der Waals surface area contributed by atoms with E-state index in [1.165, 1.54) is 17.4 Å². The molecule has 1 heterocycles. The van der Waals surface area contributed by atoms with E-state index in [4.69, 9.17) is 10.5 Å². The minimum absolute atomic E-state index is 0.123. The van der Waals surface area contributed by atoms with Crippen LogP contribution in [0, 0.1) is 32.8 Å². The number of rotatable bonds is 4. The summed E-state index contributed by atoms with van der Waals surface area (Å²) in [4.78, 5) is 11.5. The minimum atomic E-state index is -0.521. The van der Waals surface area contributed by atoms with Crippen molar-refractivity contribution in [3.05, 3.63) is 57.6 Å². The smallest absolute Gasteiger partial charge is 0.292 e. The van der Waals surface area contributed by atoms with Gasteiger partial charge in [0.2, 0.25) is 0 Å². The van der Waals surface area contributed by atoms with Gasteiger partial charge in [-0.3, -0.25) is 10.1 Å². The largest absolute Gasteiger partial charge is 0.354 e. The summed E-state index contributed by atoms with van der Waals surface area (Å²) in [5.41, 5.74) is 0.767. The van der Waals surface area contributed by atoms with Crippen LogP contribution in [-0.4, -0.2) is 4.92 Å². The fraction of sp³-hybridized carbons (Fsp3) is 0. The number of allylic oxidation sites excluding steroid dienone is 1. The topological polar surface area (TPSA) is 103 Å². The third kappa shape index (κ3) is 3.24. The lowest BCUT2D eigenvalue weighted by Crippen LogP contribution is -1.97. The van der Waals surface area contributed by atoms with Crippen molar-refractivity contribution in [3.63, 3.8) is 0 Å². The van der Waals surface area contributed by atoms with Crippen LogP contribution in [-0.2, 0) is 0 Å². The van der Waals surface area contributed by atoms with E-state index < -0.39 is 4.92 Å². The molecule has 0 aliphatic rings. The third-order valence-corrected chi connectivity index (χ3v) is 3.53. The number of hydrogen-bond acceptors (Lipinski definition) is 6. The second-order valence-corrected chi connectivity index (χ2v) is 4.84. The molecular weight excluding hydrogens is 288 g/mol. The van der Waals surface area contributed by atoms with Crippen molar-refractivity contribution in [1.29, 1.82) is 10.5 Å².